The van der Waals surface area contributed by atoms with Gasteiger partial charge in [-0.1, -0.05) is 12.8 Å². The molecule has 0 aliphatic rings. The van der Waals surface area contributed by atoms with Crippen molar-refractivity contribution in [2.75, 3.05) is 19.8 Å². The maximum atomic E-state index is 11.6. The summed E-state index contributed by atoms with van der Waals surface area (Å²) in [6.07, 6.45) is 2.61. The van der Waals surface area contributed by atoms with Crippen LogP contribution in [0.1, 0.15) is 32.6 Å². The molecule has 0 spiro atoms. The first-order valence-electron chi connectivity index (χ1n) is 6.36. The standard InChI is InChI=1S/C11H25BN2O4/c1-10(15)11(14,5-8-18-9-7-13)4-2-3-6-12(16)17/h16-17H,2-9,13-14H2,1H3. The van der Waals surface area contributed by atoms with E-state index in [0.29, 0.717) is 51.8 Å². The molecule has 0 aliphatic carbocycles. The Morgan fingerprint density at radius 3 is 2.44 bits per heavy atom. The van der Waals surface area contributed by atoms with Crippen LogP contribution in [0.25, 0.3) is 0 Å². The minimum Gasteiger partial charge on any atom is -0.427 e. The number of hydrogen-bond acceptors (Lipinski definition) is 6. The second kappa shape index (κ2) is 9.46. The Morgan fingerprint density at radius 2 is 1.94 bits per heavy atom. The van der Waals surface area contributed by atoms with E-state index in [4.69, 9.17) is 26.3 Å². The number of carbonyl (C=O) groups excluding carboxylic acids is 1. The monoisotopic (exact) mass is 260 g/mol. The van der Waals surface area contributed by atoms with Gasteiger partial charge in [-0.15, -0.1) is 0 Å². The van der Waals surface area contributed by atoms with E-state index in [2.05, 4.69) is 0 Å². The lowest BCUT2D eigenvalue weighted by Gasteiger charge is -2.26. The van der Waals surface area contributed by atoms with Gasteiger partial charge in [-0.3, -0.25) is 4.79 Å². The molecule has 0 saturated heterocycles. The summed E-state index contributed by atoms with van der Waals surface area (Å²) in [5, 5.41) is 17.4. The molecule has 0 radical (unpaired) electrons. The Hall–Kier alpha value is -0.465. The topological polar surface area (TPSA) is 119 Å². The Bertz CT molecular complexity index is 241. The van der Waals surface area contributed by atoms with E-state index in [0.717, 1.165) is 0 Å². The Kier molecular flexibility index (Phi) is 9.22. The highest BCUT2D eigenvalue weighted by Gasteiger charge is 2.29. The van der Waals surface area contributed by atoms with Gasteiger partial charge in [0, 0.05) is 13.2 Å². The minimum absolute atomic E-state index is 0.0663. The van der Waals surface area contributed by atoms with Gasteiger partial charge in [0.05, 0.1) is 12.1 Å². The molecule has 1 unspecified atom stereocenters. The zero-order valence-corrected chi connectivity index (χ0v) is 11.1. The Morgan fingerprint density at radius 1 is 1.28 bits per heavy atom. The largest absolute Gasteiger partial charge is 0.451 e. The van der Waals surface area contributed by atoms with Crippen LogP contribution in [0.5, 0.6) is 0 Å². The van der Waals surface area contributed by atoms with Crippen LogP contribution in [0.2, 0.25) is 6.32 Å². The molecule has 0 heterocycles. The van der Waals surface area contributed by atoms with Crippen LogP contribution in [0.15, 0.2) is 0 Å². The van der Waals surface area contributed by atoms with Gasteiger partial charge in [-0.2, -0.15) is 0 Å². The van der Waals surface area contributed by atoms with E-state index in [1.165, 1.54) is 6.92 Å². The average molecular weight is 260 g/mol. The lowest BCUT2D eigenvalue weighted by atomic mass is 9.80. The molecule has 7 heteroatoms. The third-order valence-corrected chi connectivity index (χ3v) is 2.99. The summed E-state index contributed by atoms with van der Waals surface area (Å²) in [5.74, 6) is -0.0663. The van der Waals surface area contributed by atoms with E-state index in [9.17, 15) is 4.79 Å². The van der Waals surface area contributed by atoms with Crippen molar-refractivity contribution in [1.29, 1.82) is 0 Å². The molecular formula is C11H25BN2O4. The number of unbranched alkanes of at least 4 members (excludes halogenated alkanes) is 1. The van der Waals surface area contributed by atoms with E-state index in [1.807, 2.05) is 0 Å². The molecule has 0 saturated carbocycles. The predicted octanol–water partition coefficient (Wildman–Crippen LogP) is -0.719. The lowest BCUT2D eigenvalue weighted by molar-refractivity contribution is -0.123. The zero-order valence-electron chi connectivity index (χ0n) is 11.1. The van der Waals surface area contributed by atoms with Crippen molar-refractivity contribution in [3.05, 3.63) is 0 Å². The second-order valence-electron chi connectivity index (χ2n) is 4.59. The molecule has 6 N–H and O–H groups in total. The van der Waals surface area contributed by atoms with Gasteiger partial charge in [0.1, 0.15) is 5.78 Å². The Balaban J connectivity index is 3.98. The van der Waals surface area contributed by atoms with Crippen molar-refractivity contribution in [1.82, 2.24) is 0 Å². The van der Waals surface area contributed by atoms with Crippen LogP contribution in [-0.2, 0) is 9.53 Å². The fourth-order valence-electron chi connectivity index (χ4n) is 1.68. The third-order valence-electron chi connectivity index (χ3n) is 2.99. The van der Waals surface area contributed by atoms with E-state index in [-0.39, 0.29) is 5.78 Å². The van der Waals surface area contributed by atoms with Crippen LogP contribution in [-0.4, -0.2) is 48.2 Å². The lowest BCUT2D eigenvalue weighted by Crippen LogP contribution is -2.47. The highest BCUT2D eigenvalue weighted by Crippen LogP contribution is 2.18. The summed E-state index contributed by atoms with van der Waals surface area (Å²) in [4.78, 5) is 11.6. The van der Waals surface area contributed by atoms with Crippen LogP contribution >= 0.6 is 0 Å². The zero-order chi connectivity index (χ0) is 14.0. The van der Waals surface area contributed by atoms with Crippen molar-refractivity contribution in [2.24, 2.45) is 11.5 Å². The van der Waals surface area contributed by atoms with Crippen LogP contribution in [0.3, 0.4) is 0 Å². The third kappa shape index (κ3) is 7.78. The maximum Gasteiger partial charge on any atom is 0.451 e. The van der Waals surface area contributed by atoms with Crippen LogP contribution < -0.4 is 11.5 Å². The second-order valence-corrected chi connectivity index (χ2v) is 4.59. The molecule has 18 heavy (non-hydrogen) atoms. The fraction of sp³-hybridized carbons (Fsp3) is 0.909. The smallest absolute Gasteiger partial charge is 0.427 e. The number of hydrogen-bond donors (Lipinski definition) is 4. The highest BCUT2D eigenvalue weighted by atomic mass is 16.5. The number of rotatable bonds is 11. The van der Waals surface area contributed by atoms with Gasteiger partial charge in [0.2, 0.25) is 0 Å². The quantitative estimate of drug-likeness (QED) is 0.287. The molecule has 0 aromatic rings. The summed E-state index contributed by atoms with van der Waals surface area (Å²) < 4.78 is 5.24. The molecule has 6 nitrogen and oxygen atoms in total. The minimum atomic E-state index is -1.29. The van der Waals surface area contributed by atoms with Crippen molar-refractivity contribution in [3.63, 3.8) is 0 Å². The van der Waals surface area contributed by atoms with Crippen molar-refractivity contribution in [3.8, 4) is 0 Å². The van der Waals surface area contributed by atoms with E-state index < -0.39 is 12.7 Å². The van der Waals surface area contributed by atoms with E-state index >= 15 is 0 Å². The number of ether oxygens (including phenoxy) is 1. The van der Waals surface area contributed by atoms with E-state index in [1.54, 1.807) is 0 Å². The molecule has 0 rings (SSSR count). The van der Waals surface area contributed by atoms with Gasteiger partial charge < -0.3 is 26.3 Å². The van der Waals surface area contributed by atoms with Gasteiger partial charge >= 0.3 is 7.12 Å². The van der Waals surface area contributed by atoms with Gasteiger partial charge in [0.15, 0.2) is 0 Å². The first kappa shape index (κ1) is 17.5. The number of carbonyl (C=O) groups is 1. The molecule has 0 fully saturated rings. The number of Topliss-reactive ketones (excluding diaryl/α,β-unsaturated/α-hetero) is 1. The molecule has 106 valence electrons. The van der Waals surface area contributed by atoms with Crippen molar-refractivity contribution < 1.29 is 19.6 Å². The highest BCUT2D eigenvalue weighted by molar-refractivity contribution is 6.40. The summed E-state index contributed by atoms with van der Waals surface area (Å²) in [5.41, 5.74) is 10.5. The molecule has 0 bridgehead atoms. The van der Waals surface area contributed by atoms with Gasteiger partial charge in [-0.05, 0) is 26.1 Å². The molecule has 1 atom stereocenters. The molecular weight excluding hydrogens is 235 g/mol. The summed E-state index contributed by atoms with van der Waals surface area (Å²) in [6.45, 7) is 2.80. The fourth-order valence-corrected chi connectivity index (χ4v) is 1.68. The first-order valence-corrected chi connectivity index (χ1v) is 6.36. The molecule has 0 aromatic heterocycles. The summed E-state index contributed by atoms with van der Waals surface area (Å²) >= 11 is 0. The average Bonchev–Trinajstić information content (AvgIpc) is 2.30. The SMILES string of the molecule is CC(=O)C(N)(CCCCB(O)O)CCOCCN. The van der Waals surface area contributed by atoms with Crippen LogP contribution in [0, 0.1) is 0 Å². The maximum absolute atomic E-state index is 11.6. The molecule has 0 aromatic carbocycles. The van der Waals surface area contributed by atoms with Gasteiger partial charge in [-0.25, -0.2) is 0 Å². The summed E-state index contributed by atoms with van der Waals surface area (Å²) in [7, 11) is -1.29. The van der Waals surface area contributed by atoms with Crippen LogP contribution in [0.4, 0.5) is 0 Å². The number of nitrogens with two attached hydrogens (primary N) is 2. The Labute approximate surface area is 109 Å². The normalized spacial score (nSPS) is 14.3. The van der Waals surface area contributed by atoms with Crippen molar-refractivity contribution in [2.45, 2.75) is 44.5 Å². The molecule has 0 aliphatic heterocycles. The predicted molar refractivity (Wildman–Crippen MR) is 70.9 cm³/mol. The summed E-state index contributed by atoms with van der Waals surface area (Å²) in [6, 6.07) is 0. The molecule has 0 amide bonds. The number of ketones is 1. The van der Waals surface area contributed by atoms with Gasteiger partial charge in [0.25, 0.3) is 0 Å². The van der Waals surface area contributed by atoms with Crippen molar-refractivity contribution >= 4 is 12.9 Å². The first-order chi connectivity index (χ1) is 8.42.